The van der Waals surface area contributed by atoms with Gasteiger partial charge in [-0.25, -0.2) is 0 Å². The van der Waals surface area contributed by atoms with E-state index in [2.05, 4.69) is 11.4 Å². The van der Waals surface area contributed by atoms with Gasteiger partial charge in [0.05, 0.1) is 14.2 Å². The summed E-state index contributed by atoms with van der Waals surface area (Å²) in [4.78, 5) is 0. The topological polar surface area (TPSA) is 30.5 Å². The summed E-state index contributed by atoms with van der Waals surface area (Å²) in [5.41, 5.74) is 1.29. The zero-order chi connectivity index (χ0) is 12.3. The predicted octanol–water partition coefficient (Wildman–Crippen LogP) is 2.42. The van der Waals surface area contributed by atoms with E-state index in [1.807, 2.05) is 19.2 Å². The molecule has 0 amide bonds. The second-order valence-corrected chi connectivity index (χ2v) is 4.61. The molecule has 1 saturated carbocycles. The Morgan fingerprint density at radius 2 is 2.06 bits per heavy atom. The fourth-order valence-electron chi connectivity index (χ4n) is 2.61. The fourth-order valence-corrected chi connectivity index (χ4v) is 2.61. The molecular formula is C14H21NO2. The van der Waals surface area contributed by atoms with Gasteiger partial charge >= 0.3 is 0 Å². The third-order valence-corrected chi connectivity index (χ3v) is 3.72. The Morgan fingerprint density at radius 1 is 1.24 bits per heavy atom. The van der Waals surface area contributed by atoms with Gasteiger partial charge in [0.2, 0.25) is 0 Å². The average molecular weight is 235 g/mol. The first-order chi connectivity index (χ1) is 8.30. The smallest absolute Gasteiger partial charge is 0.122 e. The first-order valence-electron chi connectivity index (χ1n) is 6.16. The van der Waals surface area contributed by atoms with Crippen LogP contribution in [-0.2, 0) is 0 Å². The molecule has 1 aromatic carbocycles. The SMILES string of the molecule is CNCC1CCC1c1cc(OC)ccc1OC. The Balaban J connectivity index is 2.23. The zero-order valence-electron chi connectivity index (χ0n) is 10.8. The molecule has 1 aromatic rings. The average Bonchev–Trinajstić information content (AvgIpc) is 2.34. The second-order valence-electron chi connectivity index (χ2n) is 4.61. The molecule has 2 unspecified atom stereocenters. The van der Waals surface area contributed by atoms with Crippen LogP contribution in [0.3, 0.4) is 0 Å². The third-order valence-electron chi connectivity index (χ3n) is 3.72. The number of rotatable bonds is 5. The van der Waals surface area contributed by atoms with E-state index in [0.29, 0.717) is 5.92 Å². The highest BCUT2D eigenvalue weighted by Gasteiger charge is 2.33. The van der Waals surface area contributed by atoms with Gasteiger partial charge in [-0.3, -0.25) is 0 Å². The summed E-state index contributed by atoms with van der Waals surface area (Å²) in [5.74, 6) is 3.22. The minimum absolute atomic E-state index is 0.604. The largest absolute Gasteiger partial charge is 0.497 e. The number of ether oxygens (including phenoxy) is 2. The highest BCUT2D eigenvalue weighted by atomic mass is 16.5. The van der Waals surface area contributed by atoms with E-state index in [1.54, 1.807) is 14.2 Å². The monoisotopic (exact) mass is 235 g/mol. The van der Waals surface area contributed by atoms with Gasteiger partial charge in [0, 0.05) is 5.56 Å². The number of nitrogens with one attached hydrogen (secondary N) is 1. The lowest BCUT2D eigenvalue weighted by Crippen LogP contribution is -2.32. The Morgan fingerprint density at radius 3 is 2.59 bits per heavy atom. The van der Waals surface area contributed by atoms with E-state index >= 15 is 0 Å². The summed E-state index contributed by atoms with van der Waals surface area (Å²) < 4.78 is 10.7. The lowest BCUT2D eigenvalue weighted by molar-refractivity contribution is 0.243. The minimum Gasteiger partial charge on any atom is -0.497 e. The Bertz CT molecular complexity index is 378. The summed E-state index contributed by atoms with van der Waals surface area (Å²) in [5, 5.41) is 3.26. The number of hydrogen-bond acceptors (Lipinski definition) is 3. The van der Waals surface area contributed by atoms with Gasteiger partial charge in [-0.05, 0) is 56.5 Å². The lowest BCUT2D eigenvalue weighted by atomic mass is 9.69. The lowest BCUT2D eigenvalue weighted by Gasteiger charge is -2.37. The van der Waals surface area contributed by atoms with Crippen molar-refractivity contribution in [3.8, 4) is 11.5 Å². The normalized spacial score (nSPS) is 23.0. The molecule has 0 aromatic heterocycles. The van der Waals surface area contributed by atoms with Crippen molar-refractivity contribution in [2.75, 3.05) is 27.8 Å². The van der Waals surface area contributed by atoms with Crippen LogP contribution in [0.4, 0.5) is 0 Å². The Labute approximate surface area is 103 Å². The van der Waals surface area contributed by atoms with Crippen LogP contribution < -0.4 is 14.8 Å². The van der Waals surface area contributed by atoms with Crippen LogP contribution in [0.25, 0.3) is 0 Å². The van der Waals surface area contributed by atoms with Gasteiger partial charge in [-0.1, -0.05) is 0 Å². The van der Waals surface area contributed by atoms with E-state index in [-0.39, 0.29) is 0 Å². The van der Waals surface area contributed by atoms with Gasteiger partial charge in [-0.2, -0.15) is 0 Å². The molecule has 0 saturated heterocycles. The van der Waals surface area contributed by atoms with Crippen molar-refractivity contribution in [2.24, 2.45) is 5.92 Å². The summed E-state index contributed by atoms with van der Waals surface area (Å²) in [6.07, 6.45) is 2.54. The van der Waals surface area contributed by atoms with Crippen molar-refractivity contribution in [3.63, 3.8) is 0 Å². The van der Waals surface area contributed by atoms with Crippen LogP contribution in [0.1, 0.15) is 24.3 Å². The second kappa shape index (κ2) is 5.41. The van der Waals surface area contributed by atoms with Gasteiger partial charge < -0.3 is 14.8 Å². The summed E-state index contributed by atoms with van der Waals surface area (Å²) in [6.45, 7) is 1.07. The summed E-state index contributed by atoms with van der Waals surface area (Å²) in [6, 6.07) is 6.07. The van der Waals surface area contributed by atoms with Crippen LogP contribution in [0.2, 0.25) is 0 Å². The molecule has 1 N–H and O–H groups in total. The Hall–Kier alpha value is -1.22. The molecule has 3 heteroatoms. The maximum absolute atomic E-state index is 5.45. The van der Waals surface area contributed by atoms with Crippen molar-refractivity contribution < 1.29 is 9.47 Å². The molecule has 1 aliphatic rings. The number of methoxy groups -OCH3 is 2. The van der Waals surface area contributed by atoms with Crippen molar-refractivity contribution in [3.05, 3.63) is 23.8 Å². The van der Waals surface area contributed by atoms with Crippen LogP contribution in [0, 0.1) is 5.92 Å². The van der Waals surface area contributed by atoms with Gasteiger partial charge in [0.15, 0.2) is 0 Å². The van der Waals surface area contributed by atoms with Gasteiger partial charge in [-0.15, -0.1) is 0 Å². The van der Waals surface area contributed by atoms with Gasteiger partial charge in [0.1, 0.15) is 11.5 Å². The van der Waals surface area contributed by atoms with Crippen LogP contribution in [0.5, 0.6) is 11.5 Å². The standard InChI is InChI=1S/C14H21NO2/c1-15-9-10-4-6-12(10)13-8-11(16-2)5-7-14(13)17-3/h5,7-8,10,12,15H,4,6,9H2,1-3H3. The first kappa shape index (κ1) is 12.2. The van der Waals surface area contributed by atoms with Crippen LogP contribution in [0.15, 0.2) is 18.2 Å². The van der Waals surface area contributed by atoms with E-state index < -0.39 is 0 Å². The molecule has 1 fully saturated rings. The molecular weight excluding hydrogens is 214 g/mol. The molecule has 2 rings (SSSR count). The predicted molar refractivity (Wildman–Crippen MR) is 68.9 cm³/mol. The maximum atomic E-state index is 5.45. The third kappa shape index (κ3) is 2.39. The van der Waals surface area contributed by atoms with Crippen molar-refractivity contribution >= 4 is 0 Å². The highest BCUT2D eigenvalue weighted by Crippen LogP contribution is 2.46. The molecule has 0 heterocycles. The van der Waals surface area contributed by atoms with Gasteiger partial charge in [0.25, 0.3) is 0 Å². The summed E-state index contributed by atoms with van der Waals surface area (Å²) >= 11 is 0. The Kier molecular flexibility index (Phi) is 3.89. The van der Waals surface area contributed by atoms with E-state index in [1.165, 1.54) is 18.4 Å². The van der Waals surface area contributed by atoms with Crippen LogP contribution in [-0.4, -0.2) is 27.8 Å². The fraction of sp³-hybridized carbons (Fsp3) is 0.571. The van der Waals surface area contributed by atoms with Crippen molar-refractivity contribution in [1.82, 2.24) is 5.32 Å². The van der Waals surface area contributed by atoms with E-state index in [9.17, 15) is 0 Å². The minimum atomic E-state index is 0.604. The van der Waals surface area contributed by atoms with Crippen LogP contribution >= 0.6 is 0 Å². The number of benzene rings is 1. The molecule has 0 aliphatic heterocycles. The quantitative estimate of drug-likeness (QED) is 0.850. The first-order valence-corrected chi connectivity index (χ1v) is 6.16. The summed E-state index contributed by atoms with van der Waals surface area (Å²) in [7, 11) is 5.45. The highest BCUT2D eigenvalue weighted by molar-refractivity contribution is 5.43. The van der Waals surface area contributed by atoms with E-state index in [0.717, 1.165) is 24.0 Å². The zero-order valence-corrected chi connectivity index (χ0v) is 10.8. The van der Waals surface area contributed by atoms with Crippen molar-refractivity contribution in [1.29, 1.82) is 0 Å². The molecule has 94 valence electrons. The maximum Gasteiger partial charge on any atom is 0.122 e. The number of hydrogen-bond donors (Lipinski definition) is 1. The molecule has 3 nitrogen and oxygen atoms in total. The van der Waals surface area contributed by atoms with Crippen molar-refractivity contribution in [2.45, 2.75) is 18.8 Å². The molecule has 0 bridgehead atoms. The molecule has 0 radical (unpaired) electrons. The molecule has 1 aliphatic carbocycles. The van der Waals surface area contributed by atoms with E-state index in [4.69, 9.17) is 9.47 Å². The molecule has 0 spiro atoms. The molecule has 2 atom stereocenters. The molecule has 17 heavy (non-hydrogen) atoms.